The number of benzene rings is 1. The van der Waals surface area contributed by atoms with Crippen LogP contribution in [0.1, 0.15) is 64.1 Å². The van der Waals surface area contributed by atoms with Crippen molar-refractivity contribution in [1.29, 1.82) is 5.26 Å². The van der Waals surface area contributed by atoms with Crippen molar-refractivity contribution in [2.75, 3.05) is 0 Å². The molecule has 33 heavy (non-hydrogen) atoms. The number of hydrogen-bond acceptors (Lipinski definition) is 5. The summed E-state index contributed by atoms with van der Waals surface area (Å²) in [5, 5.41) is 10.7. The van der Waals surface area contributed by atoms with Crippen molar-refractivity contribution < 1.29 is 4.74 Å². The molecule has 1 saturated carbocycles. The number of hydrogen-bond donors (Lipinski definition) is 2. The number of nitrogens with zero attached hydrogens (tertiary/aromatic N) is 3. The van der Waals surface area contributed by atoms with Crippen molar-refractivity contribution >= 4 is 22.8 Å². The minimum Gasteiger partial charge on any atom is -0.489 e. The van der Waals surface area contributed by atoms with Crippen molar-refractivity contribution in [3.63, 3.8) is 0 Å². The third kappa shape index (κ3) is 5.25. The number of nitrogens with one attached hydrogen (secondary N) is 1. The summed E-state index contributed by atoms with van der Waals surface area (Å²) in [6, 6.07) is 12.2. The van der Waals surface area contributed by atoms with Crippen LogP contribution in [0.15, 0.2) is 47.7 Å². The van der Waals surface area contributed by atoms with Crippen LogP contribution < -0.4 is 10.5 Å². The van der Waals surface area contributed by atoms with Gasteiger partial charge in [0, 0.05) is 29.6 Å². The number of nitrogens with two attached hydrogens (primary N) is 1. The van der Waals surface area contributed by atoms with Crippen LogP contribution in [0.3, 0.4) is 0 Å². The smallest absolute Gasteiger partial charge is 0.138 e. The fourth-order valence-electron chi connectivity index (χ4n) is 4.15. The summed E-state index contributed by atoms with van der Waals surface area (Å²) in [7, 11) is 0. The molecule has 6 heteroatoms. The minimum atomic E-state index is -0.196. The first-order valence-corrected chi connectivity index (χ1v) is 11.5. The first-order chi connectivity index (χ1) is 15.9. The van der Waals surface area contributed by atoms with Crippen LogP contribution in [0.25, 0.3) is 27.7 Å². The number of H-pyrrole nitrogens is 1. The van der Waals surface area contributed by atoms with Crippen LogP contribution in [-0.2, 0) is 0 Å². The second-order valence-corrected chi connectivity index (χ2v) is 9.56. The number of ether oxygens (including phenoxy) is 1. The normalized spacial score (nSPS) is 15.8. The summed E-state index contributed by atoms with van der Waals surface area (Å²) in [5.74, 6) is 0.667. The first kappa shape index (κ1) is 22.6. The molecule has 4 rings (SSSR count). The van der Waals surface area contributed by atoms with Gasteiger partial charge in [-0.25, -0.2) is 4.98 Å². The Bertz CT molecular complexity index is 1230. The van der Waals surface area contributed by atoms with E-state index in [1.807, 2.05) is 51.1 Å². The molecule has 170 valence electrons. The first-order valence-electron chi connectivity index (χ1n) is 11.5. The number of pyridine rings is 1. The molecule has 0 spiro atoms. The lowest BCUT2D eigenvalue weighted by Crippen LogP contribution is -2.20. The average molecular weight is 442 g/mol. The zero-order chi connectivity index (χ0) is 23.4. The molecule has 3 N–H and O–H groups in total. The van der Waals surface area contributed by atoms with Crippen LogP contribution >= 0.6 is 0 Å². The fraction of sp³-hybridized carbons (Fsp3) is 0.370. The molecule has 1 aliphatic rings. The van der Waals surface area contributed by atoms with E-state index in [4.69, 9.17) is 10.5 Å². The molecule has 0 saturated heterocycles. The number of allylic oxidation sites excluding steroid dienone is 1. The predicted molar refractivity (Wildman–Crippen MR) is 134 cm³/mol. The van der Waals surface area contributed by atoms with Gasteiger partial charge >= 0.3 is 0 Å². The van der Waals surface area contributed by atoms with Gasteiger partial charge < -0.3 is 15.5 Å². The molecule has 0 amide bonds. The average Bonchev–Trinajstić information content (AvgIpc) is 3.24. The van der Waals surface area contributed by atoms with Crippen LogP contribution in [0.5, 0.6) is 5.75 Å². The molecule has 3 aromatic rings. The Morgan fingerprint density at radius 3 is 2.70 bits per heavy atom. The lowest BCUT2D eigenvalue weighted by Gasteiger charge is -2.23. The number of fused-ring (bicyclic) bond motifs is 1. The molecule has 0 radical (unpaired) electrons. The Labute approximate surface area is 195 Å². The molecule has 6 nitrogen and oxygen atoms in total. The Hall–Kier alpha value is -3.59. The maximum Gasteiger partial charge on any atom is 0.138 e. The van der Waals surface area contributed by atoms with Gasteiger partial charge in [-0.05, 0) is 81.8 Å². The van der Waals surface area contributed by atoms with Crippen molar-refractivity contribution in [2.45, 2.75) is 64.5 Å². The van der Waals surface area contributed by atoms with Gasteiger partial charge in [-0.1, -0.05) is 12.5 Å². The SMILES string of the molecule is CC(C)(C)N=CC(=CN)c1cc2c(-c3ccc(OC4CCCCC4)c(C#N)c3)ccnc2[nH]1. The zero-order valence-corrected chi connectivity index (χ0v) is 19.6. The molecule has 0 atom stereocenters. The second kappa shape index (κ2) is 9.50. The third-order valence-corrected chi connectivity index (χ3v) is 5.87. The monoisotopic (exact) mass is 441 g/mol. The van der Waals surface area contributed by atoms with Gasteiger partial charge in [0.2, 0.25) is 0 Å². The highest BCUT2D eigenvalue weighted by molar-refractivity contribution is 6.11. The number of aliphatic imine (C=N–C) groups is 1. The number of aromatic nitrogens is 2. The van der Waals surface area contributed by atoms with Crippen LogP contribution in [0.2, 0.25) is 0 Å². The largest absolute Gasteiger partial charge is 0.489 e. The van der Waals surface area contributed by atoms with Crippen LogP contribution in [-0.4, -0.2) is 27.8 Å². The number of nitriles is 1. The van der Waals surface area contributed by atoms with Gasteiger partial charge in [0.1, 0.15) is 17.5 Å². The molecule has 1 aliphatic carbocycles. The maximum atomic E-state index is 9.78. The van der Waals surface area contributed by atoms with Gasteiger partial charge in [0.15, 0.2) is 0 Å². The second-order valence-electron chi connectivity index (χ2n) is 9.56. The number of aromatic amines is 1. The molecule has 2 aromatic heterocycles. The molecular formula is C27H31N5O. The molecule has 0 unspecified atom stereocenters. The van der Waals surface area contributed by atoms with Crippen molar-refractivity contribution in [1.82, 2.24) is 9.97 Å². The van der Waals surface area contributed by atoms with Crippen molar-refractivity contribution in [3.05, 3.63) is 54.0 Å². The van der Waals surface area contributed by atoms with Crippen molar-refractivity contribution in [2.24, 2.45) is 10.7 Å². The third-order valence-electron chi connectivity index (χ3n) is 5.87. The highest BCUT2D eigenvalue weighted by atomic mass is 16.5. The Kier molecular flexibility index (Phi) is 6.50. The van der Waals surface area contributed by atoms with E-state index in [1.54, 1.807) is 18.6 Å². The maximum absolute atomic E-state index is 9.78. The molecule has 1 aromatic carbocycles. The summed E-state index contributed by atoms with van der Waals surface area (Å²) in [5.41, 5.74) is 10.6. The topological polar surface area (TPSA) is 100 Å². The van der Waals surface area contributed by atoms with Gasteiger partial charge in [-0.15, -0.1) is 0 Å². The van der Waals surface area contributed by atoms with E-state index in [9.17, 15) is 5.26 Å². The van der Waals surface area contributed by atoms with Crippen LogP contribution in [0, 0.1) is 11.3 Å². The van der Waals surface area contributed by atoms with Gasteiger partial charge in [0.05, 0.1) is 22.9 Å². The Morgan fingerprint density at radius 1 is 1.21 bits per heavy atom. The van der Waals surface area contributed by atoms with E-state index in [1.165, 1.54) is 19.3 Å². The molecule has 0 aliphatic heterocycles. The summed E-state index contributed by atoms with van der Waals surface area (Å²) < 4.78 is 6.18. The highest BCUT2D eigenvalue weighted by Gasteiger charge is 2.18. The Balaban J connectivity index is 1.68. The zero-order valence-electron chi connectivity index (χ0n) is 19.6. The quantitative estimate of drug-likeness (QED) is 0.475. The summed E-state index contributed by atoms with van der Waals surface area (Å²) in [6.07, 6.45) is 11.1. The van der Waals surface area contributed by atoms with E-state index < -0.39 is 0 Å². The van der Waals surface area contributed by atoms with Gasteiger partial charge in [0.25, 0.3) is 0 Å². The minimum absolute atomic E-state index is 0.196. The molecule has 1 fully saturated rings. The predicted octanol–water partition coefficient (Wildman–Crippen LogP) is 5.98. The summed E-state index contributed by atoms with van der Waals surface area (Å²) in [4.78, 5) is 12.4. The molecule has 2 heterocycles. The van der Waals surface area contributed by atoms with Gasteiger partial charge in [-0.2, -0.15) is 5.26 Å². The standard InChI is InChI=1S/C27H31N5O/c1-27(2,3)31-17-20(16-29)24-14-23-22(11-12-30-26(23)32-24)18-9-10-25(19(13-18)15-28)33-21-7-5-4-6-8-21/h9-14,16-17,21H,4-8,29H2,1-3H3,(H,30,32). The van der Waals surface area contributed by atoms with E-state index in [-0.39, 0.29) is 11.6 Å². The van der Waals surface area contributed by atoms with Gasteiger partial charge in [-0.3, -0.25) is 4.99 Å². The van der Waals surface area contributed by atoms with E-state index in [0.717, 1.165) is 46.3 Å². The van der Waals surface area contributed by atoms with Crippen molar-refractivity contribution in [3.8, 4) is 22.9 Å². The lowest BCUT2D eigenvalue weighted by atomic mass is 9.97. The fourth-order valence-corrected chi connectivity index (χ4v) is 4.15. The molecule has 0 bridgehead atoms. The molecular weight excluding hydrogens is 410 g/mol. The number of rotatable bonds is 5. The van der Waals surface area contributed by atoms with E-state index in [2.05, 4.69) is 21.0 Å². The van der Waals surface area contributed by atoms with E-state index >= 15 is 0 Å². The Morgan fingerprint density at radius 2 is 2.00 bits per heavy atom. The van der Waals surface area contributed by atoms with E-state index in [0.29, 0.717) is 11.3 Å². The summed E-state index contributed by atoms with van der Waals surface area (Å²) >= 11 is 0. The highest BCUT2D eigenvalue weighted by Crippen LogP contribution is 2.33. The van der Waals surface area contributed by atoms with Crippen LogP contribution in [0.4, 0.5) is 0 Å². The summed E-state index contributed by atoms with van der Waals surface area (Å²) in [6.45, 7) is 6.12. The lowest BCUT2D eigenvalue weighted by molar-refractivity contribution is 0.154.